The van der Waals surface area contributed by atoms with Crippen LogP contribution < -0.4 is 10.2 Å². The summed E-state index contributed by atoms with van der Waals surface area (Å²) in [5.41, 5.74) is 6.32. The summed E-state index contributed by atoms with van der Waals surface area (Å²) >= 11 is 0. The fraction of sp³-hybridized carbons (Fsp3) is 0.136. The predicted octanol–water partition coefficient (Wildman–Crippen LogP) is 4.40. The zero-order chi connectivity index (χ0) is 17.9. The van der Waals surface area contributed by atoms with Crippen LogP contribution in [-0.4, -0.2) is 24.9 Å². The van der Waals surface area contributed by atoms with Gasteiger partial charge in [-0.05, 0) is 40.6 Å². The van der Waals surface area contributed by atoms with Gasteiger partial charge < -0.3 is 14.7 Å². The Kier molecular flexibility index (Phi) is 4.32. The van der Waals surface area contributed by atoms with Crippen molar-refractivity contribution >= 4 is 27.9 Å². The van der Waals surface area contributed by atoms with Crippen LogP contribution in [0.1, 0.15) is 11.1 Å². The molecule has 0 radical (unpaired) electrons. The van der Waals surface area contributed by atoms with Crippen LogP contribution in [0.25, 0.3) is 21.7 Å². The molecule has 0 saturated heterocycles. The molecule has 0 aliphatic rings. The largest absolute Gasteiger partial charge is 0.497 e. The highest BCUT2D eigenvalue weighted by molar-refractivity contribution is 6.00. The van der Waals surface area contributed by atoms with Crippen LogP contribution in [0.5, 0.6) is 5.75 Å². The molecule has 4 rings (SSSR count). The third kappa shape index (κ3) is 3.02. The molecule has 0 spiro atoms. The number of nitrogens with one attached hydrogen (secondary N) is 1. The second-order valence-corrected chi connectivity index (χ2v) is 6.26. The van der Waals surface area contributed by atoms with Gasteiger partial charge in [0.05, 0.1) is 13.3 Å². The summed E-state index contributed by atoms with van der Waals surface area (Å²) in [5.74, 6) is 0.847. The molecule has 130 valence electrons. The summed E-state index contributed by atoms with van der Waals surface area (Å²) in [6.07, 6.45) is 3.98. The molecule has 3 aromatic carbocycles. The van der Waals surface area contributed by atoms with Crippen molar-refractivity contribution < 1.29 is 4.74 Å². The Morgan fingerprint density at radius 3 is 2.69 bits per heavy atom. The van der Waals surface area contributed by atoms with Gasteiger partial charge in [-0.15, -0.1) is 0 Å². The molecule has 0 saturated carbocycles. The molecule has 1 aromatic heterocycles. The van der Waals surface area contributed by atoms with Crippen molar-refractivity contribution in [3.8, 4) is 5.75 Å². The van der Waals surface area contributed by atoms with E-state index in [1.165, 1.54) is 16.3 Å². The van der Waals surface area contributed by atoms with Gasteiger partial charge in [0, 0.05) is 36.3 Å². The van der Waals surface area contributed by atoms with Gasteiger partial charge in [0.25, 0.3) is 0 Å². The maximum absolute atomic E-state index is 5.39. The number of fused-ring (bicyclic) bond motifs is 2. The Balaban J connectivity index is 1.78. The molecule has 4 nitrogen and oxygen atoms in total. The van der Waals surface area contributed by atoms with E-state index in [1.807, 2.05) is 12.3 Å². The van der Waals surface area contributed by atoms with Crippen LogP contribution in [0.3, 0.4) is 0 Å². The minimum absolute atomic E-state index is 0.807. The molecule has 0 unspecified atom stereocenters. The van der Waals surface area contributed by atoms with Crippen LogP contribution in [0.15, 0.2) is 72.0 Å². The summed E-state index contributed by atoms with van der Waals surface area (Å²) in [7, 11) is 3.49. The molecule has 4 aromatic rings. The number of nitrogens with zero attached hydrogens (tertiary/aromatic N) is 2. The predicted molar refractivity (Wildman–Crippen MR) is 108 cm³/mol. The molecule has 0 aliphatic heterocycles. The van der Waals surface area contributed by atoms with Crippen molar-refractivity contribution in [3.05, 3.63) is 78.0 Å². The number of hydrogen-bond donors (Lipinski definition) is 1. The number of hydrazone groups is 1. The molecule has 0 bridgehead atoms. The average Bonchev–Trinajstić information content (AvgIpc) is 3.03. The van der Waals surface area contributed by atoms with E-state index in [4.69, 9.17) is 4.74 Å². The van der Waals surface area contributed by atoms with E-state index in [-0.39, 0.29) is 0 Å². The van der Waals surface area contributed by atoms with Crippen LogP contribution in [0.4, 0.5) is 0 Å². The molecule has 1 heterocycles. The summed E-state index contributed by atoms with van der Waals surface area (Å²) in [4.78, 5) is 0. The van der Waals surface area contributed by atoms with Gasteiger partial charge >= 0.3 is 0 Å². The monoisotopic (exact) mass is 343 g/mol. The first-order valence-electron chi connectivity index (χ1n) is 8.63. The second-order valence-electron chi connectivity index (χ2n) is 6.26. The molecule has 26 heavy (non-hydrogen) atoms. The van der Waals surface area contributed by atoms with E-state index in [0.29, 0.717) is 0 Å². The second kappa shape index (κ2) is 6.92. The van der Waals surface area contributed by atoms with E-state index < -0.39 is 0 Å². The molecular weight excluding hydrogens is 322 g/mol. The first kappa shape index (κ1) is 16.2. The standard InChI is InChI=1S/C22H21N3O/c1-23-24-13-19-15-25(22-10-9-20(26-2)12-21(19)22)14-16-7-8-17-5-3-4-6-18(17)11-16/h3-13,15,23H,14H2,1-2H3/b24-13+. The van der Waals surface area contributed by atoms with E-state index in [9.17, 15) is 0 Å². The summed E-state index contributed by atoms with van der Waals surface area (Å²) < 4.78 is 7.65. The Hall–Kier alpha value is -3.27. The molecular formula is C22H21N3O. The first-order valence-corrected chi connectivity index (χ1v) is 8.63. The van der Waals surface area contributed by atoms with E-state index in [1.54, 1.807) is 14.2 Å². The molecule has 0 amide bonds. The van der Waals surface area contributed by atoms with Gasteiger partial charge in [-0.25, -0.2) is 0 Å². The lowest BCUT2D eigenvalue weighted by atomic mass is 10.1. The highest BCUT2D eigenvalue weighted by Crippen LogP contribution is 2.26. The molecule has 0 fully saturated rings. The van der Waals surface area contributed by atoms with Gasteiger partial charge in [-0.2, -0.15) is 5.10 Å². The van der Waals surface area contributed by atoms with Gasteiger partial charge in [0.1, 0.15) is 5.75 Å². The lowest BCUT2D eigenvalue weighted by Crippen LogP contribution is -1.98. The van der Waals surface area contributed by atoms with Crippen molar-refractivity contribution in [3.63, 3.8) is 0 Å². The normalized spacial score (nSPS) is 11.5. The van der Waals surface area contributed by atoms with Crippen molar-refractivity contribution in [1.29, 1.82) is 0 Å². The number of methoxy groups -OCH3 is 1. The number of aromatic nitrogens is 1. The zero-order valence-electron chi connectivity index (χ0n) is 14.9. The van der Waals surface area contributed by atoms with E-state index in [0.717, 1.165) is 28.8 Å². The van der Waals surface area contributed by atoms with Crippen molar-refractivity contribution in [2.45, 2.75) is 6.54 Å². The van der Waals surface area contributed by atoms with Gasteiger partial charge in [-0.3, -0.25) is 0 Å². The van der Waals surface area contributed by atoms with E-state index in [2.05, 4.69) is 75.9 Å². The van der Waals surface area contributed by atoms with E-state index >= 15 is 0 Å². The van der Waals surface area contributed by atoms with Crippen LogP contribution in [0.2, 0.25) is 0 Å². The van der Waals surface area contributed by atoms with Crippen molar-refractivity contribution in [1.82, 2.24) is 9.99 Å². The summed E-state index contributed by atoms with van der Waals surface area (Å²) in [5, 5.41) is 7.84. The smallest absolute Gasteiger partial charge is 0.119 e. The number of ether oxygens (including phenoxy) is 1. The quantitative estimate of drug-likeness (QED) is 0.431. The minimum atomic E-state index is 0.807. The topological polar surface area (TPSA) is 38.5 Å². The fourth-order valence-corrected chi connectivity index (χ4v) is 3.33. The third-order valence-corrected chi connectivity index (χ3v) is 4.62. The Morgan fingerprint density at radius 1 is 1.04 bits per heavy atom. The highest BCUT2D eigenvalue weighted by Gasteiger charge is 2.09. The van der Waals surface area contributed by atoms with Gasteiger partial charge in [0.15, 0.2) is 0 Å². The lowest BCUT2D eigenvalue weighted by Gasteiger charge is -2.08. The molecule has 4 heteroatoms. The molecule has 0 atom stereocenters. The van der Waals surface area contributed by atoms with Gasteiger partial charge in [0.2, 0.25) is 0 Å². The maximum atomic E-state index is 5.39. The SMILES string of the molecule is CN/N=C/c1cn(Cc2ccc3ccccc3c2)c2ccc(OC)cc12. The number of hydrogen-bond acceptors (Lipinski definition) is 3. The fourth-order valence-electron chi connectivity index (χ4n) is 3.33. The average molecular weight is 343 g/mol. The third-order valence-electron chi connectivity index (χ3n) is 4.62. The Labute approximate surface area is 152 Å². The Bertz CT molecular complexity index is 1100. The molecule has 0 aliphatic carbocycles. The lowest BCUT2D eigenvalue weighted by molar-refractivity contribution is 0.415. The number of benzene rings is 3. The van der Waals surface area contributed by atoms with Gasteiger partial charge in [-0.1, -0.05) is 36.4 Å². The maximum Gasteiger partial charge on any atom is 0.119 e. The minimum Gasteiger partial charge on any atom is -0.497 e. The summed E-state index contributed by atoms with van der Waals surface area (Å²) in [6.45, 7) is 0.807. The van der Waals surface area contributed by atoms with Crippen molar-refractivity contribution in [2.75, 3.05) is 14.2 Å². The number of rotatable bonds is 5. The van der Waals surface area contributed by atoms with Crippen LogP contribution in [0, 0.1) is 0 Å². The van der Waals surface area contributed by atoms with Crippen LogP contribution in [-0.2, 0) is 6.54 Å². The molecule has 1 N–H and O–H groups in total. The Morgan fingerprint density at radius 2 is 1.88 bits per heavy atom. The van der Waals surface area contributed by atoms with Crippen LogP contribution >= 0.6 is 0 Å². The highest BCUT2D eigenvalue weighted by atomic mass is 16.5. The zero-order valence-corrected chi connectivity index (χ0v) is 14.9. The summed E-state index contributed by atoms with van der Waals surface area (Å²) in [6, 6.07) is 21.2. The first-order chi connectivity index (χ1) is 12.8. The van der Waals surface area contributed by atoms with Crippen molar-refractivity contribution in [2.24, 2.45) is 5.10 Å².